The maximum atomic E-state index is 12.6. The SMILES string of the molecule is Cc1csc(CNC(=O)c2cc(C(=O)OC(C)(C)C)n(-c3ccccc3)n2)n1. The molecule has 8 heteroatoms. The molecule has 146 valence electrons. The van der Waals surface area contributed by atoms with E-state index in [0.717, 1.165) is 10.7 Å². The fourth-order valence-corrected chi connectivity index (χ4v) is 3.18. The number of esters is 1. The quantitative estimate of drug-likeness (QED) is 0.665. The number of carbonyl (C=O) groups is 2. The molecular formula is C20H22N4O3S. The number of benzene rings is 1. The number of ether oxygens (including phenoxy) is 1. The zero-order valence-corrected chi connectivity index (χ0v) is 17.0. The van der Waals surface area contributed by atoms with Crippen molar-refractivity contribution in [2.75, 3.05) is 0 Å². The zero-order valence-electron chi connectivity index (χ0n) is 16.2. The summed E-state index contributed by atoms with van der Waals surface area (Å²) in [5, 5.41) is 9.85. The van der Waals surface area contributed by atoms with Crippen molar-refractivity contribution >= 4 is 23.2 Å². The van der Waals surface area contributed by atoms with Crippen LogP contribution < -0.4 is 5.32 Å². The average molecular weight is 398 g/mol. The van der Waals surface area contributed by atoms with Crippen LogP contribution in [0.3, 0.4) is 0 Å². The van der Waals surface area contributed by atoms with Crippen LogP contribution in [0.4, 0.5) is 0 Å². The van der Waals surface area contributed by atoms with E-state index in [4.69, 9.17) is 4.74 Å². The number of thiazole rings is 1. The topological polar surface area (TPSA) is 86.1 Å². The summed E-state index contributed by atoms with van der Waals surface area (Å²) in [4.78, 5) is 29.5. The number of amides is 1. The fraction of sp³-hybridized carbons (Fsp3) is 0.300. The van der Waals surface area contributed by atoms with Gasteiger partial charge in [-0.1, -0.05) is 18.2 Å². The average Bonchev–Trinajstić information content (AvgIpc) is 3.25. The minimum atomic E-state index is -0.659. The van der Waals surface area contributed by atoms with E-state index in [1.165, 1.54) is 22.1 Å². The van der Waals surface area contributed by atoms with Gasteiger partial charge in [0.15, 0.2) is 11.4 Å². The molecule has 3 aromatic rings. The highest BCUT2D eigenvalue weighted by Gasteiger charge is 2.25. The number of carbonyl (C=O) groups excluding carboxylic acids is 2. The fourth-order valence-electron chi connectivity index (χ4n) is 2.46. The lowest BCUT2D eigenvalue weighted by Gasteiger charge is -2.19. The van der Waals surface area contributed by atoms with Gasteiger partial charge in [0.05, 0.1) is 12.2 Å². The number of aryl methyl sites for hydroxylation is 1. The van der Waals surface area contributed by atoms with Gasteiger partial charge in [0, 0.05) is 17.1 Å². The van der Waals surface area contributed by atoms with Crippen LogP contribution in [0.1, 0.15) is 52.4 Å². The van der Waals surface area contributed by atoms with Gasteiger partial charge in [-0.15, -0.1) is 11.3 Å². The minimum Gasteiger partial charge on any atom is -0.455 e. The maximum absolute atomic E-state index is 12.6. The number of rotatable bonds is 5. The molecule has 1 N–H and O–H groups in total. The van der Waals surface area contributed by atoms with Crippen molar-refractivity contribution in [3.05, 3.63) is 63.9 Å². The first-order valence-electron chi connectivity index (χ1n) is 8.81. The Labute approximate surface area is 167 Å². The zero-order chi connectivity index (χ0) is 20.3. The molecule has 1 amide bonds. The van der Waals surface area contributed by atoms with Crippen LogP contribution >= 0.6 is 11.3 Å². The van der Waals surface area contributed by atoms with Gasteiger partial charge in [-0.2, -0.15) is 5.10 Å². The molecule has 0 radical (unpaired) electrons. The Hall–Kier alpha value is -3.00. The molecule has 0 saturated heterocycles. The molecule has 0 fully saturated rings. The minimum absolute atomic E-state index is 0.137. The van der Waals surface area contributed by atoms with Gasteiger partial charge in [-0.05, 0) is 39.8 Å². The summed E-state index contributed by atoms with van der Waals surface area (Å²) in [5.74, 6) is -0.925. The summed E-state index contributed by atoms with van der Waals surface area (Å²) >= 11 is 1.48. The molecule has 28 heavy (non-hydrogen) atoms. The van der Waals surface area contributed by atoms with Crippen molar-refractivity contribution in [2.24, 2.45) is 0 Å². The van der Waals surface area contributed by atoms with Gasteiger partial charge in [0.25, 0.3) is 5.91 Å². The van der Waals surface area contributed by atoms with E-state index in [1.54, 1.807) is 32.9 Å². The lowest BCUT2D eigenvalue weighted by atomic mass is 10.2. The van der Waals surface area contributed by atoms with E-state index in [9.17, 15) is 9.59 Å². The Morgan fingerprint density at radius 2 is 1.93 bits per heavy atom. The molecule has 0 atom stereocenters. The van der Waals surface area contributed by atoms with Crippen molar-refractivity contribution < 1.29 is 14.3 Å². The third kappa shape index (κ3) is 4.83. The highest BCUT2D eigenvalue weighted by Crippen LogP contribution is 2.17. The number of nitrogens with zero attached hydrogens (tertiary/aromatic N) is 3. The maximum Gasteiger partial charge on any atom is 0.357 e. The van der Waals surface area contributed by atoms with E-state index in [1.807, 2.05) is 30.5 Å². The Kier molecular flexibility index (Phi) is 5.60. The van der Waals surface area contributed by atoms with Crippen LogP contribution in [0.5, 0.6) is 0 Å². The van der Waals surface area contributed by atoms with E-state index < -0.39 is 11.6 Å². The van der Waals surface area contributed by atoms with Crippen LogP contribution in [-0.2, 0) is 11.3 Å². The molecule has 2 heterocycles. The van der Waals surface area contributed by atoms with Gasteiger partial charge in [-0.25, -0.2) is 14.5 Å². The number of nitrogens with one attached hydrogen (secondary N) is 1. The number of para-hydroxylation sites is 1. The second kappa shape index (κ2) is 7.93. The molecule has 0 saturated carbocycles. The molecule has 2 aromatic heterocycles. The van der Waals surface area contributed by atoms with Crippen LogP contribution in [0, 0.1) is 6.92 Å². The standard InChI is InChI=1S/C20H22N4O3S/c1-13-12-28-17(22-13)11-21-18(25)15-10-16(19(26)27-20(2,3)4)24(23-15)14-8-6-5-7-9-14/h5-10,12H,11H2,1-4H3,(H,21,25). The summed E-state index contributed by atoms with van der Waals surface area (Å²) in [7, 11) is 0. The summed E-state index contributed by atoms with van der Waals surface area (Å²) in [6.07, 6.45) is 0. The van der Waals surface area contributed by atoms with Gasteiger partial charge in [0.1, 0.15) is 10.6 Å². The first-order valence-corrected chi connectivity index (χ1v) is 9.69. The van der Waals surface area contributed by atoms with Gasteiger partial charge in [-0.3, -0.25) is 4.79 Å². The van der Waals surface area contributed by atoms with Crippen LogP contribution in [0.15, 0.2) is 41.8 Å². The molecule has 1 aromatic carbocycles. The van der Waals surface area contributed by atoms with Crippen molar-refractivity contribution in [1.82, 2.24) is 20.1 Å². The third-order valence-electron chi connectivity index (χ3n) is 3.62. The van der Waals surface area contributed by atoms with E-state index in [2.05, 4.69) is 15.4 Å². The monoisotopic (exact) mass is 398 g/mol. The first kappa shape index (κ1) is 19.8. The van der Waals surface area contributed by atoms with Crippen molar-refractivity contribution in [1.29, 1.82) is 0 Å². The molecule has 0 aliphatic heterocycles. The van der Waals surface area contributed by atoms with Crippen LogP contribution in [0.25, 0.3) is 5.69 Å². The van der Waals surface area contributed by atoms with Crippen molar-refractivity contribution in [3.8, 4) is 5.69 Å². The smallest absolute Gasteiger partial charge is 0.357 e. The normalized spacial score (nSPS) is 11.3. The third-order valence-corrected chi connectivity index (χ3v) is 4.58. The molecule has 3 rings (SSSR count). The summed E-state index contributed by atoms with van der Waals surface area (Å²) in [6, 6.07) is 10.6. The Morgan fingerprint density at radius 1 is 1.21 bits per heavy atom. The molecule has 0 bridgehead atoms. The van der Waals surface area contributed by atoms with Gasteiger partial charge >= 0.3 is 5.97 Å². The summed E-state index contributed by atoms with van der Waals surface area (Å²) in [6.45, 7) is 7.57. The van der Waals surface area contributed by atoms with E-state index in [0.29, 0.717) is 12.2 Å². The van der Waals surface area contributed by atoms with E-state index >= 15 is 0 Å². The van der Waals surface area contributed by atoms with E-state index in [-0.39, 0.29) is 17.3 Å². The summed E-state index contributed by atoms with van der Waals surface area (Å²) in [5.41, 5.74) is 1.25. The predicted octanol–water partition coefficient (Wildman–Crippen LogP) is 3.52. The summed E-state index contributed by atoms with van der Waals surface area (Å²) < 4.78 is 6.90. The predicted molar refractivity (Wildman–Crippen MR) is 107 cm³/mol. The Bertz CT molecular complexity index is 987. The lowest BCUT2D eigenvalue weighted by Crippen LogP contribution is -2.25. The molecule has 0 unspecified atom stereocenters. The molecule has 0 aliphatic carbocycles. The van der Waals surface area contributed by atoms with Crippen LogP contribution in [0.2, 0.25) is 0 Å². The second-order valence-electron chi connectivity index (χ2n) is 7.23. The van der Waals surface area contributed by atoms with Gasteiger partial charge in [0.2, 0.25) is 0 Å². The Balaban J connectivity index is 1.87. The molecule has 7 nitrogen and oxygen atoms in total. The van der Waals surface area contributed by atoms with Crippen molar-refractivity contribution in [2.45, 2.75) is 39.8 Å². The highest BCUT2D eigenvalue weighted by atomic mass is 32.1. The van der Waals surface area contributed by atoms with Crippen LogP contribution in [-0.4, -0.2) is 32.2 Å². The highest BCUT2D eigenvalue weighted by molar-refractivity contribution is 7.09. The first-order chi connectivity index (χ1) is 13.2. The number of hydrogen-bond acceptors (Lipinski definition) is 6. The second-order valence-corrected chi connectivity index (χ2v) is 8.17. The molecule has 0 spiro atoms. The number of aromatic nitrogens is 3. The van der Waals surface area contributed by atoms with Gasteiger partial charge < -0.3 is 10.1 Å². The largest absolute Gasteiger partial charge is 0.455 e. The number of hydrogen-bond donors (Lipinski definition) is 1. The molecule has 0 aliphatic rings. The lowest BCUT2D eigenvalue weighted by molar-refractivity contribution is 0.00593. The van der Waals surface area contributed by atoms with Crippen molar-refractivity contribution in [3.63, 3.8) is 0 Å². The Morgan fingerprint density at radius 3 is 2.54 bits per heavy atom. The molecular weight excluding hydrogens is 376 g/mol.